The first-order chi connectivity index (χ1) is 38.6. The summed E-state index contributed by atoms with van der Waals surface area (Å²) in [5.74, 6) is 0. The van der Waals surface area contributed by atoms with E-state index >= 15 is 0 Å². The van der Waals surface area contributed by atoms with Crippen LogP contribution in [0.25, 0.3) is 98.4 Å². The van der Waals surface area contributed by atoms with Crippen LogP contribution in [0.15, 0.2) is 233 Å². The summed E-state index contributed by atoms with van der Waals surface area (Å²) in [7, 11) is -3.64. The third-order valence-corrected chi connectivity index (χ3v) is 20.7. The molecule has 80 heavy (non-hydrogen) atoms. The molecule has 0 amide bonds. The summed E-state index contributed by atoms with van der Waals surface area (Å²) in [5.41, 5.74) is 15.4. The molecule has 0 unspecified atom stereocenters. The molecule has 12 aromatic carbocycles. The molecule has 14 aromatic rings. The molecule has 0 radical (unpaired) electrons. The first-order valence-corrected chi connectivity index (χ1v) is 35.2. The maximum atomic E-state index is 7.14. The second-order valence-corrected chi connectivity index (χ2v) is 35.1. The highest BCUT2D eigenvalue weighted by molar-refractivity contribution is 6.89. The van der Waals surface area contributed by atoms with Crippen LogP contribution in [0, 0.1) is 0 Å². The lowest BCUT2D eigenvalue weighted by Gasteiger charge is -2.34. The van der Waals surface area contributed by atoms with Gasteiger partial charge in [-0.2, -0.15) is 0 Å². The molecule has 14 rings (SSSR count). The third kappa shape index (κ3) is 8.14. The van der Waals surface area contributed by atoms with E-state index in [1.54, 1.807) is 0 Å². The second kappa shape index (κ2) is 18.4. The molecule has 2 heterocycles. The molecule has 390 valence electrons. The van der Waals surface area contributed by atoms with Crippen LogP contribution in [-0.4, -0.2) is 16.1 Å². The fourth-order valence-corrected chi connectivity index (χ4v) is 14.7. The zero-order chi connectivity index (χ0) is 54.8. The summed E-state index contributed by atoms with van der Waals surface area (Å²) in [4.78, 5) is 5.06. The van der Waals surface area contributed by atoms with Gasteiger partial charge in [0.15, 0.2) is 11.2 Å². The predicted molar refractivity (Wildman–Crippen MR) is 350 cm³/mol. The van der Waals surface area contributed by atoms with Crippen molar-refractivity contribution in [3.63, 3.8) is 0 Å². The van der Waals surface area contributed by atoms with Crippen LogP contribution in [-0.2, 0) is 5.41 Å². The summed E-state index contributed by atoms with van der Waals surface area (Å²) in [6.45, 7) is 21.6. The fraction of sp³-hybridized carbons (Fsp3) is 0.135. The molecule has 6 heteroatoms. The second-order valence-electron chi connectivity index (χ2n) is 24.9. The number of nitrogens with zero attached hydrogens (tertiary/aromatic N) is 2. The lowest BCUT2D eigenvalue weighted by molar-refractivity contribution is 0.591. The number of hydrogen-bond donors (Lipinski definition) is 0. The topological polar surface area (TPSA) is 32.8 Å². The number of fused-ring (bicyclic) bond motifs is 6. The smallest absolute Gasteiger partial charge is 0.159 e. The Bertz CT molecular complexity index is 4440. The number of para-hydroxylation sites is 4. The van der Waals surface area contributed by atoms with E-state index in [1.165, 1.54) is 37.5 Å². The van der Waals surface area contributed by atoms with Gasteiger partial charge >= 0.3 is 0 Å². The molecule has 0 aliphatic heterocycles. The van der Waals surface area contributed by atoms with Crippen LogP contribution in [0.1, 0.15) is 26.3 Å². The average Bonchev–Trinajstić information content (AvgIpc) is 3.00. The van der Waals surface area contributed by atoms with E-state index in [9.17, 15) is 0 Å². The van der Waals surface area contributed by atoms with E-state index < -0.39 is 16.1 Å². The molecular formula is C74H64N2O2Si2. The van der Waals surface area contributed by atoms with Gasteiger partial charge in [0.05, 0.1) is 50.3 Å². The lowest BCUT2D eigenvalue weighted by Crippen LogP contribution is -2.37. The van der Waals surface area contributed by atoms with Crippen molar-refractivity contribution in [3.05, 3.63) is 230 Å². The van der Waals surface area contributed by atoms with E-state index in [0.717, 1.165) is 111 Å². The first kappa shape index (κ1) is 49.6. The zero-order valence-electron chi connectivity index (χ0n) is 47.1. The summed E-state index contributed by atoms with van der Waals surface area (Å²) in [6, 6.07) is 83.6. The molecule has 2 aromatic heterocycles. The molecule has 0 N–H and O–H groups in total. The standard InChI is InChI=1S/C74H64N2O2Si2/c1-74(2,3)51-42-49-34-38-58-66(75(64-30-20-28-56-54-26-16-18-32-68(54)77-72(56)64)62-40-36-52(79(4,5)6)44-60(62)47-22-12-10-13-23-47)46-67(59-39-35-50(43-51)70(49)71(58)59)76(65-31-21-29-57-55-27-17-19-33-69(55)78-73(57)65)63-41-37-53(80(7,8)9)45-61(63)48-24-14-11-15-25-48/h10-46H,1-9H3. The normalized spacial score (nSPS) is 12.6. The van der Waals surface area contributed by atoms with Gasteiger partial charge in [-0.05, 0) is 80.7 Å². The highest BCUT2D eigenvalue weighted by atomic mass is 28.3. The van der Waals surface area contributed by atoms with Crippen molar-refractivity contribution in [2.45, 2.75) is 65.5 Å². The van der Waals surface area contributed by atoms with Gasteiger partial charge in [0.1, 0.15) is 11.2 Å². The predicted octanol–water partition coefficient (Wildman–Crippen LogP) is 21.0. The van der Waals surface area contributed by atoms with E-state index in [0.29, 0.717) is 0 Å². The highest BCUT2D eigenvalue weighted by Gasteiger charge is 2.32. The number of furan rings is 2. The number of anilines is 6. The van der Waals surface area contributed by atoms with Crippen LogP contribution in [0.4, 0.5) is 34.1 Å². The summed E-state index contributed by atoms with van der Waals surface area (Å²) in [6.07, 6.45) is 0. The van der Waals surface area contributed by atoms with Gasteiger partial charge < -0.3 is 18.6 Å². The van der Waals surface area contributed by atoms with Crippen molar-refractivity contribution in [1.29, 1.82) is 0 Å². The van der Waals surface area contributed by atoms with E-state index in [-0.39, 0.29) is 5.41 Å². The molecule has 0 atom stereocenters. The highest BCUT2D eigenvalue weighted by Crippen LogP contribution is 2.55. The monoisotopic (exact) mass is 1070 g/mol. The zero-order valence-corrected chi connectivity index (χ0v) is 49.1. The maximum Gasteiger partial charge on any atom is 0.159 e. The molecule has 0 saturated carbocycles. The van der Waals surface area contributed by atoms with Crippen molar-refractivity contribution in [3.8, 4) is 22.3 Å². The van der Waals surface area contributed by atoms with Crippen molar-refractivity contribution < 1.29 is 8.83 Å². The van der Waals surface area contributed by atoms with Gasteiger partial charge in [-0.1, -0.05) is 252 Å². The van der Waals surface area contributed by atoms with Crippen LogP contribution in [0.3, 0.4) is 0 Å². The number of benzene rings is 12. The van der Waals surface area contributed by atoms with Gasteiger partial charge in [-0.15, -0.1) is 0 Å². The number of rotatable bonds is 10. The lowest BCUT2D eigenvalue weighted by atomic mass is 9.83. The molecule has 0 fully saturated rings. The quantitative estimate of drug-likeness (QED) is 0.101. The van der Waals surface area contributed by atoms with Crippen LogP contribution in [0.2, 0.25) is 39.3 Å². The molecule has 4 nitrogen and oxygen atoms in total. The van der Waals surface area contributed by atoms with Gasteiger partial charge in [0, 0.05) is 48.8 Å². The third-order valence-electron chi connectivity index (χ3n) is 16.6. The van der Waals surface area contributed by atoms with E-state index in [4.69, 9.17) is 8.83 Å². The van der Waals surface area contributed by atoms with Gasteiger partial charge in [0.2, 0.25) is 0 Å². The summed E-state index contributed by atoms with van der Waals surface area (Å²) >= 11 is 0. The Hall–Kier alpha value is -8.69. The number of hydrogen-bond acceptors (Lipinski definition) is 4. The Balaban J connectivity index is 1.19. The van der Waals surface area contributed by atoms with Crippen LogP contribution in [0.5, 0.6) is 0 Å². The molecule has 0 aliphatic rings. The Morgan fingerprint density at radius 1 is 0.325 bits per heavy atom. The fourth-order valence-electron chi connectivity index (χ4n) is 12.4. The molecule has 0 bridgehead atoms. The van der Waals surface area contributed by atoms with Crippen molar-refractivity contribution in [2.75, 3.05) is 9.80 Å². The maximum absolute atomic E-state index is 7.14. The minimum absolute atomic E-state index is 0.0588. The van der Waals surface area contributed by atoms with E-state index in [1.807, 2.05) is 0 Å². The summed E-state index contributed by atoms with van der Waals surface area (Å²) < 4.78 is 14.3. The first-order valence-electron chi connectivity index (χ1n) is 28.2. The Morgan fingerprint density at radius 3 is 1.16 bits per heavy atom. The van der Waals surface area contributed by atoms with Gasteiger partial charge in [-0.25, -0.2) is 0 Å². The molecule has 0 spiro atoms. The van der Waals surface area contributed by atoms with Gasteiger partial charge in [0.25, 0.3) is 0 Å². The Morgan fingerprint density at radius 2 is 0.738 bits per heavy atom. The molecular weight excluding hydrogens is 1000 g/mol. The van der Waals surface area contributed by atoms with Crippen LogP contribution < -0.4 is 20.2 Å². The minimum atomic E-state index is -1.82. The van der Waals surface area contributed by atoms with Gasteiger partial charge in [-0.3, -0.25) is 0 Å². The molecule has 0 saturated heterocycles. The molecule has 0 aliphatic carbocycles. The van der Waals surface area contributed by atoms with Crippen molar-refractivity contribution >= 4 is 137 Å². The minimum Gasteiger partial charge on any atom is -0.454 e. The van der Waals surface area contributed by atoms with Crippen molar-refractivity contribution in [2.24, 2.45) is 0 Å². The largest absolute Gasteiger partial charge is 0.454 e. The Labute approximate surface area is 470 Å². The summed E-state index contributed by atoms with van der Waals surface area (Å²) in [5, 5.41) is 14.3. The van der Waals surface area contributed by atoms with E-state index in [2.05, 4.69) is 294 Å². The Kier molecular flexibility index (Phi) is 11.4. The average molecular weight is 1070 g/mol. The van der Waals surface area contributed by atoms with Crippen molar-refractivity contribution in [1.82, 2.24) is 0 Å². The SMILES string of the molecule is CC(C)(C)c1cc2ccc3c(N(c4ccc([Si](C)(C)C)cc4-c4ccccc4)c4cccc5c4oc4ccccc45)cc(N(c4ccc([Si](C)(C)C)cc4-c4ccccc4)c4cccc5c4oc4ccccc45)c4ccc(c1)c2c34. The van der Waals surface area contributed by atoms with Crippen LogP contribution >= 0.6 is 0 Å².